The Balaban J connectivity index is 0.817. The van der Waals surface area contributed by atoms with Gasteiger partial charge in [0.25, 0.3) is 23.3 Å². The third-order valence-electron chi connectivity index (χ3n) is 13.4. The average Bonchev–Trinajstić information content (AvgIpc) is 3.88. The van der Waals surface area contributed by atoms with Crippen LogP contribution in [-0.2, 0) is 36.8 Å². The molecule has 6 heterocycles. The lowest BCUT2D eigenvalue weighted by atomic mass is 9.65. The Bertz CT molecular complexity index is 2420. The van der Waals surface area contributed by atoms with Crippen molar-refractivity contribution in [3.8, 4) is 22.6 Å². The van der Waals surface area contributed by atoms with Crippen LogP contribution >= 0.6 is 0 Å². The van der Waals surface area contributed by atoms with Crippen molar-refractivity contribution in [1.82, 2.24) is 34.4 Å². The molecule has 1 N–H and O–H groups in total. The van der Waals surface area contributed by atoms with E-state index < -0.39 is 29.7 Å². The fourth-order valence-electron chi connectivity index (χ4n) is 10.1. The van der Waals surface area contributed by atoms with E-state index in [1.807, 2.05) is 29.2 Å². The van der Waals surface area contributed by atoms with Gasteiger partial charge in [-0.2, -0.15) is 5.10 Å². The average molecular weight is 790 g/mol. The molecular weight excluding hydrogens is 743 g/mol. The minimum absolute atomic E-state index is 0.0926. The van der Waals surface area contributed by atoms with Crippen molar-refractivity contribution in [2.75, 3.05) is 33.9 Å². The van der Waals surface area contributed by atoms with E-state index in [9.17, 15) is 28.8 Å². The lowest BCUT2D eigenvalue weighted by Gasteiger charge is -2.46. The van der Waals surface area contributed by atoms with Crippen molar-refractivity contribution in [2.24, 2.45) is 25.4 Å². The number of nitrogens with zero attached hydrogens (tertiary/aromatic N) is 6. The molecule has 58 heavy (non-hydrogen) atoms. The second-order valence-corrected chi connectivity index (χ2v) is 16.8. The third kappa shape index (κ3) is 6.17. The fourth-order valence-corrected chi connectivity index (χ4v) is 10.1. The third-order valence-corrected chi connectivity index (χ3v) is 13.4. The summed E-state index contributed by atoms with van der Waals surface area (Å²) in [4.78, 5) is 83.2. The maximum atomic E-state index is 14.2. The SMILES string of the molecule is COc1cc(-c2cn(C)c(=O)c3c2cnn3C)cc(OC)c1C(=O)N1CCC2(CCC(CN3Cc4cc5c(cc4C3)C(=O)N(C3CCC(=O)NC3=O)C5=O)CC2)CC1. The first-order chi connectivity index (χ1) is 27.9. The summed E-state index contributed by atoms with van der Waals surface area (Å²) in [6.07, 6.45) is 9.97. The molecule has 1 atom stereocenters. The van der Waals surface area contributed by atoms with E-state index in [0.29, 0.717) is 71.2 Å². The Hall–Kier alpha value is -5.83. The first-order valence-corrected chi connectivity index (χ1v) is 20.1. The molecule has 15 heteroatoms. The van der Waals surface area contributed by atoms with E-state index in [1.165, 1.54) is 4.57 Å². The van der Waals surface area contributed by atoms with Crippen molar-refractivity contribution in [2.45, 2.75) is 70.5 Å². The number of pyridine rings is 1. The summed E-state index contributed by atoms with van der Waals surface area (Å²) in [6.45, 7) is 3.64. The first kappa shape index (κ1) is 37.7. The molecule has 1 unspecified atom stereocenters. The highest BCUT2D eigenvalue weighted by Crippen LogP contribution is 2.48. The van der Waals surface area contributed by atoms with E-state index in [0.717, 1.165) is 72.2 Å². The summed E-state index contributed by atoms with van der Waals surface area (Å²) >= 11 is 0. The van der Waals surface area contributed by atoms with Crippen molar-refractivity contribution < 1.29 is 33.4 Å². The fraction of sp³-hybridized carbons (Fsp3) is 0.465. The summed E-state index contributed by atoms with van der Waals surface area (Å²) in [5.41, 5.74) is 5.20. The molecular formula is C43H47N7O8. The molecule has 1 aliphatic carbocycles. The second-order valence-electron chi connectivity index (χ2n) is 16.8. The van der Waals surface area contributed by atoms with Gasteiger partial charge in [0.2, 0.25) is 11.8 Å². The van der Waals surface area contributed by atoms with Crippen LogP contribution in [0.4, 0.5) is 0 Å². The van der Waals surface area contributed by atoms with E-state index in [1.54, 1.807) is 45.4 Å². The van der Waals surface area contributed by atoms with Gasteiger partial charge in [-0.05, 0) is 97.2 Å². The molecule has 5 amide bonds. The van der Waals surface area contributed by atoms with E-state index >= 15 is 0 Å². The number of piperidine rings is 2. The van der Waals surface area contributed by atoms with Gasteiger partial charge in [0, 0.05) is 70.4 Å². The molecule has 1 spiro atoms. The molecule has 3 fully saturated rings. The zero-order valence-corrected chi connectivity index (χ0v) is 33.3. The van der Waals surface area contributed by atoms with Gasteiger partial charge in [-0.15, -0.1) is 0 Å². The van der Waals surface area contributed by atoms with Crippen LogP contribution < -0.4 is 20.3 Å². The number of nitrogens with one attached hydrogen (secondary N) is 1. The number of carbonyl (C=O) groups is 5. The van der Waals surface area contributed by atoms with Crippen molar-refractivity contribution >= 4 is 40.4 Å². The Kier molecular flexibility index (Phi) is 9.25. The number of likely N-dealkylation sites (tertiary alicyclic amines) is 1. The van der Waals surface area contributed by atoms with Crippen LogP contribution in [0, 0.1) is 11.3 Å². The zero-order chi connectivity index (χ0) is 40.6. The standard InChI is InChI=1S/C43H47N7O8/c1-46-23-31(30-19-44-47(2)37(30)42(46)56)25-17-33(57-3)36(34(18-25)58-4)41(55)49-13-11-43(12-14-49)9-7-24(8-10-43)20-48-21-26-15-28-29(16-27(26)22-48)40(54)50(39(28)53)32-5-6-35(51)45-38(32)52/h15-19,23-24,32H,5-14,20-22H2,1-4H3,(H,45,51,52). The predicted octanol–water partition coefficient (Wildman–Crippen LogP) is 3.79. The number of imide groups is 2. The van der Waals surface area contributed by atoms with Crippen LogP contribution in [0.15, 0.2) is 41.5 Å². The molecule has 302 valence electrons. The maximum absolute atomic E-state index is 14.2. The van der Waals surface area contributed by atoms with Crippen molar-refractivity contribution in [1.29, 1.82) is 0 Å². The van der Waals surface area contributed by atoms with Gasteiger partial charge in [-0.25, -0.2) is 0 Å². The predicted molar refractivity (Wildman–Crippen MR) is 211 cm³/mol. The molecule has 0 bridgehead atoms. The summed E-state index contributed by atoms with van der Waals surface area (Å²) < 4.78 is 14.7. The van der Waals surface area contributed by atoms with E-state index in [4.69, 9.17) is 9.47 Å². The van der Waals surface area contributed by atoms with Gasteiger partial charge in [0.05, 0.1) is 31.5 Å². The number of fused-ring (bicyclic) bond motifs is 3. The van der Waals surface area contributed by atoms with Gasteiger partial charge in [0.1, 0.15) is 28.6 Å². The van der Waals surface area contributed by atoms with Gasteiger partial charge >= 0.3 is 0 Å². The quantitative estimate of drug-likeness (QED) is 0.273. The van der Waals surface area contributed by atoms with Crippen LogP contribution in [0.5, 0.6) is 11.5 Å². The number of hydrogen-bond acceptors (Lipinski definition) is 10. The van der Waals surface area contributed by atoms with Crippen LogP contribution in [0.2, 0.25) is 0 Å². The van der Waals surface area contributed by atoms with E-state index in [-0.39, 0.29) is 29.7 Å². The normalized spacial score (nSPS) is 20.9. The Labute approximate surface area is 334 Å². The van der Waals surface area contributed by atoms with Gasteiger partial charge in [-0.1, -0.05) is 0 Å². The molecule has 5 aliphatic rings. The molecule has 0 radical (unpaired) electrons. The molecule has 1 saturated carbocycles. The lowest BCUT2D eigenvalue weighted by molar-refractivity contribution is -0.136. The molecule has 2 aromatic heterocycles. The number of aryl methyl sites for hydroxylation is 2. The van der Waals surface area contributed by atoms with Gasteiger partial charge in [0.15, 0.2) is 0 Å². The Morgan fingerprint density at radius 3 is 2.05 bits per heavy atom. The van der Waals surface area contributed by atoms with Gasteiger partial charge in [-0.3, -0.25) is 48.6 Å². The minimum Gasteiger partial charge on any atom is -0.496 e. The summed E-state index contributed by atoms with van der Waals surface area (Å²) in [5, 5.41) is 7.28. The summed E-state index contributed by atoms with van der Waals surface area (Å²) in [5.74, 6) is -0.707. The van der Waals surface area contributed by atoms with Crippen LogP contribution in [0.1, 0.15) is 93.6 Å². The highest BCUT2D eigenvalue weighted by atomic mass is 16.5. The molecule has 2 aromatic carbocycles. The Morgan fingerprint density at radius 1 is 0.845 bits per heavy atom. The maximum Gasteiger partial charge on any atom is 0.276 e. The number of benzene rings is 2. The largest absolute Gasteiger partial charge is 0.496 e. The highest BCUT2D eigenvalue weighted by molar-refractivity contribution is 6.23. The summed E-state index contributed by atoms with van der Waals surface area (Å²) in [6, 6.07) is 6.35. The topological polar surface area (TPSA) is 165 Å². The Morgan fingerprint density at radius 2 is 1.47 bits per heavy atom. The number of rotatable bonds is 7. The first-order valence-electron chi connectivity index (χ1n) is 20.1. The monoisotopic (exact) mass is 789 g/mol. The van der Waals surface area contributed by atoms with Gasteiger partial charge < -0.3 is 18.9 Å². The molecule has 4 aromatic rings. The van der Waals surface area contributed by atoms with Crippen LogP contribution in [0.25, 0.3) is 22.0 Å². The van der Waals surface area contributed by atoms with Crippen LogP contribution in [-0.4, -0.2) is 98.5 Å². The summed E-state index contributed by atoms with van der Waals surface area (Å²) in [7, 11) is 6.54. The molecule has 15 nitrogen and oxygen atoms in total. The minimum atomic E-state index is -0.969. The molecule has 9 rings (SSSR count). The highest BCUT2D eigenvalue weighted by Gasteiger charge is 2.46. The van der Waals surface area contributed by atoms with Crippen molar-refractivity contribution in [3.05, 3.63) is 74.8 Å². The van der Waals surface area contributed by atoms with Crippen molar-refractivity contribution in [3.63, 3.8) is 0 Å². The smallest absolute Gasteiger partial charge is 0.276 e. The number of carbonyl (C=O) groups excluding carboxylic acids is 5. The number of ether oxygens (including phenoxy) is 2. The lowest BCUT2D eigenvalue weighted by Crippen LogP contribution is -2.54. The molecule has 4 aliphatic heterocycles. The zero-order valence-electron chi connectivity index (χ0n) is 33.3. The number of amides is 5. The number of methoxy groups -OCH3 is 2. The number of hydrogen-bond donors (Lipinski definition) is 1. The molecule has 2 saturated heterocycles. The van der Waals surface area contributed by atoms with E-state index in [2.05, 4.69) is 15.3 Å². The van der Waals surface area contributed by atoms with Crippen LogP contribution in [0.3, 0.4) is 0 Å². The second kappa shape index (κ2) is 14.2. The number of aromatic nitrogens is 3.